The average Bonchev–Trinajstić information content (AvgIpc) is 2.85. The van der Waals surface area contributed by atoms with Crippen LogP contribution < -0.4 is 9.47 Å². The van der Waals surface area contributed by atoms with E-state index in [1.165, 1.54) is 4.88 Å². The lowest BCUT2D eigenvalue weighted by atomic mass is 10.2. The Kier molecular flexibility index (Phi) is 5.23. The lowest BCUT2D eigenvalue weighted by Gasteiger charge is -2.13. The van der Waals surface area contributed by atoms with Crippen LogP contribution in [0.2, 0.25) is 5.02 Å². The second-order valence-corrected chi connectivity index (χ2v) is 5.57. The van der Waals surface area contributed by atoms with Crippen molar-refractivity contribution in [3.8, 4) is 11.5 Å². The summed E-state index contributed by atoms with van der Waals surface area (Å²) in [6.07, 6.45) is 0.776. The number of ether oxygens (including phenoxy) is 2. The first-order valence-electron chi connectivity index (χ1n) is 6.14. The fourth-order valence-corrected chi connectivity index (χ4v) is 2.87. The fraction of sp³-hybridized carbons (Fsp3) is 0.357. The molecule has 0 saturated heterocycles. The van der Waals surface area contributed by atoms with Gasteiger partial charge in [-0.05, 0) is 24.6 Å². The van der Waals surface area contributed by atoms with E-state index < -0.39 is 0 Å². The van der Waals surface area contributed by atoms with E-state index >= 15 is 0 Å². The first kappa shape index (κ1) is 15.1. The van der Waals surface area contributed by atoms with Crippen molar-refractivity contribution in [2.75, 3.05) is 13.7 Å². The minimum Gasteiger partial charge on any atom is -0.493 e. The van der Waals surface area contributed by atoms with Gasteiger partial charge >= 0.3 is 0 Å². The van der Waals surface area contributed by atoms with E-state index in [1.807, 2.05) is 12.4 Å². The van der Waals surface area contributed by atoms with Crippen molar-refractivity contribution in [1.82, 2.24) is 4.98 Å². The zero-order chi connectivity index (χ0) is 14.5. The standard InChI is InChI=1S/C14H16ClNO3S/c1-9-13(20-8-16-9)3-4-19-14-11(15)5-10(7-17)6-12(14)18-2/h5-6,8,17H,3-4,7H2,1-2H3. The Morgan fingerprint density at radius 3 is 2.80 bits per heavy atom. The predicted molar refractivity (Wildman–Crippen MR) is 80.0 cm³/mol. The third-order valence-corrected chi connectivity index (χ3v) is 4.17. The summed E-state index contributed by atoms with van der Waals surface area (Å²) in [6, 6.07) is 3.40. The topological polar surface area (TPSA) is 51.6 Å². The molecule has 0 aliphatic rings. The molecule has 2 aromatic rings. The summed E-state index contributed by atoms with van der Waals surface area (Å²) in [6.45, 7) is 2.39. The fourth-order valence-electron chi connectivity index (χ4n) is 1.82. The largest absolute Gasteiger partial charge is 0.493 e. The number of hydrogen-bond acceptors (Lipinski definition) is 5. The Morgan fingerprint density at radius 2 is 2.20 bits per heavy atom. The van der Waals surface area contributed by atoms with Crippen molar-refractivity contribution in [1.29, 1.82) is 0 Å². The number of aliphatic hydroxyl groups excluding tert-OH is 1. The maximum atomic E-state index is 9.14. The zero-order valence-corrected chi connectivity index (χ0v) is 12.9. The van der Waals surface area contributed by atoms with E-state index in [0.717, 1.165) is 12.1 Å². The first-order chi connectivity index (χ1) is 9.65. The van der Waals surface area contributed by atoms with E-state index in [-0.39, 0.29) is 6.61 Å². The highest BCUT2D eigenvalue weighted by molar-refractivity contribution is 7.09. The predicted octanol–water partition coefficient (Wildman–Crippen LogP) is 3.23. The first-order valence-corrected chi connectivity index (χ1v) is 7.40. The van der Waals surface area contributed by atoms with Crippen LogP contribution >= 0.6 is 22.9 Å². The van der Waals surface area contributed by atoms with E-state index in [1.54, 1.807) is 30.6 Å². The molecule has 1 aromatic carbocycles. The second-order valence-electron chi connectivity index (χ2n) is 4.23. The molecule has 0 unspecified atom stereocenters. The quantitative estimate of drug-likeness (QED) is 0.889. The Morgan fingerprint density at radius 1 is 1.40 bits per heavy atom. The summed E-state index contributed by atoms with van der Waals surface area (Å²) in [7, 11) is 1.55. The van der Waals surface area contributed by atoms with Crippen molar-refractivity contribution in [3.05, 3.63) is 38.8 Å². The number of benzene rings is 1. The Labute approximate surface area is 126 Å². The normalized spacial score (nSPS) is 10.6. The van der Waals surface area contributed by atoms with Gasteiger partial charge in [0.25, 0.3) is 0 Å². The molecule has 0 atom stereocenters. The molecule has 0 amide bonds. The van der Waals surface area contributed by atoms with Crippen molar-refractivity contribution in [3.63, 3.8) is 0 Å². The summed E-state index contributed by atoms with van der Waals surface area (Å²) in [5.74, 6) is 1.04. The summed E-state index contributed by atoms with van der Waals surface area (Å²) in [4.78, 5) is 5.40. The van der Waals surface area contributed by atoms with Crippen LogP contribution in [0.4, 0.5) is 0 Å². The second kappa shape index (κ2) is 6.92. The van der Waals surface area contributed by atoms with Crippen LogP contribution in [0.1, 0.15) is 16.1 Å². The van der Waals surface area contributed by atoms with Gasteiger partial charge in [-0.3, -0.25) is 0 Å². The summed E-state index contributed by atoms with van der Waals surface area (Å²) in [5.41, 5.74) is 3.55. The van der Waals surface area contributed by atoms with E-state index in [0.29, 0.717) is 28.7 Å². The van der Waals surface area contributed by atoms with E-state index in [9.17, 15) is 0 Å². The molecule has 0 aliphatic carbocycles. The molecule has 4 nitrogen and oxygen atoms in total. The van der Waals surface area contributed by atoms with Crippen molar-refractivity contribution in [2.45, 2.75) is 20.0 Å². The molecule has 0 radical (unpaired) electrons. The molecule has 20 heavy (non-hydrogen) atoms. The summed E-state index contributed by atoms with van der Waals surface area (Å²) >= 11 is 7.77. The van der Waals surface area contributed by atoms with Gasteiger partial charge in [-0.1, -0.05) is 11.6 Å². The Bertz CT molecular complexity index is 586. The van der Waals surface area contributed by atoms with Crippen molar-refractivity contribution < 1.29 is 14.6 Å². The monoisotopic (exact) mass is 313 g/mol. The van der Waals surface area contributed by atoms with E-state index in [4.69, 9.17) is 26.2 Å². The molecular weight excluding hydrogens is 298 g/mol. The van der Waals surface area contributed by atoms with Crippen LogP contribution in [-0.2, 0) is 13.0 Å². The van der Waals surface area contributed by atoms with Crippen molar-refractivity contribution in [2.24, 2.45) is 0 Å². The third-order valence-electron chi connectivity index (χ3n) is 2.89. The third kappa shape index (κ3) is 3.42. The number of thiazole rings is 1. The molecule has 1 aromatic heterocycles. The van der Waals surface area contributed by atoms with Gasteiger partial charge in [-0.2, -0.15) is 0 Å². The maximum absolute atomic E-state index is 9.14. The molecule has 2 rings (SSSR count). The molecule has 0 spiro atoms. The van der Waals surface area contributed by atoms with Crippen LogP contribution in [0, 0.1) is 6.92 Å². The lowest BCUT2D eigenvalue weighted by molar-refractivity contribution is 0.277. The molecule has 0 saturated carbocycles. The number of rotatable bonds is 6. The number of aromatic nitrogens is 1. The number of hydrogen-bond donors (Lipinski definition) is 1. The van der Waals surface area contributed by atoms with Crippen molar-refractivity contribution >= 4 is 22.9 Å². The maximum Gasteiger partial charge on any atom is 0.179 e. The van der Waals surface area contributed by atoms with Crippen LogP contribution in [0.15, 0.2) is 17.6 Å². The molecule has 6 heteroatoms. The Balaban J connectivity index is 2.07. The molecule has 0 bridgehead atoms. The van der Waals surface area contributed by atoms with Gasteiger partial charge in [0.1, 0.15) is 0 Å². The van der Waals surface area contributed by atoms with Gasteiger partial charge in [0, 0.05) is 11.3 Å². The van der Waals surface area contributed by atoms with Gasteiger partial charge in [-0.15, -0.1) is 11.3 Å². The van der Waals surface area contributed by atoms with Crippen LogP contribution in [-0.4, -0.2) is 23.8 Å². The lowest BCUT2D eigenvalue weighted by Crippen LogP contribution is -2.03. The molecule has 0 fully saturated rings. The molecule has 0 aliphatic heterocycles. The number of aryl methyl sites for hydroxylation is 1. The van der Waals surface area contributed by atoms with Gasteiger partial charge in [0.05, 0.1) is 36.6 Å². The minimum absolute atomic E-state index is 0.0869. The smallest absolute Gasteiger partial charge is 0.179 e. The number of methoxy groups -OCH3 is 1. The number of halogens is 1. The highest BCUT2D eigenvalue weighted by Crippen LogP contribution is 2.36. The summed E-state index contributed by atoms with van der Waals surface area (Å²) in [5, 5.41) is 9.58. The van der Waals surface area contributed by atoms with E-state index in [2.05, 4.69) is 4.98 Å². The van der Waals surface area contributed by atoms with Crippen LogP contribution in [0.3, 0.4) is 0 Å². The highest BCUT2D eigenvalue weighted by atomic mass is 35.5. The zero-order valence-electron chi connectivity index (χ0n) is 11.4. The molecular formula is C14H16ClNO3S. The molecule has 108 valence electrons. The van der Waals surface area contributed by atoms with Gasteiger partial charge in [-0.25, -0.2) is 4.98 Å². The van der Waals surface area contributed by atoms with Crippen LogP contribution in [0.5, 0.6) is 11.5 Å². The van der Waals surface area contributed by atoms with Crippen LogP contribution in [0.25, 0.3) is 0 Å². The van der Waals surface area contributed by atoms with Gasteiger partial charge < -0.3 is 14.6 Å². The summed E-state index contributed by atoms with van der Waals surface area (Å²) < 4.78 is 11.0. The Hall–Kier alpha value is -1.30. The molecule has 1 N–H and O–H groups in total. The SMILES string of the molecule is COc1cc(CO)cc(Cl)c1OCCc1scnc1C. The number of aliphatic hydroxyl groups is 1. The highest BCUT2D eigenvalue weighted by Gasteiger charge is 2.12. The average molecular weight is 314 g/mol. The van der Waals surface area contributed by atoms with Gasteiger partial charge in [0.2, 0.25) is 0 Å². The van der Waals surface area contributed by atoms with Gasteiger partial charge in [0.15, 0.2) is 11.5 Å². The number of nitrogens with zero attached hydrogens (tertiary/aromatic N) is 1. The molecule has 1 heterocycles. The minimum atomic E-state index is -0.0869.